The molecule has 0 unspecified atom stereocenters. The van der Waals surface area contributed by atoms with Crippen molar-refractivity contribution in [3.8, 4) is 0 Å². The van der Waals surface area contributed by atoms with Crippen LogP contribution in [-0.4, -0.2) is 84.5 Å². The molecule has 184 valence electrons. The summed E-state index contributed by atoms with van der Waals surface area (Å²) in [6.07, 6.45) is 6.14. The van der Waals surface area contributed by atoms with E-state index in [2.05, 4.69) is 15.3 Å². The summed E-state index contributed by atoms with van der Waals surface area (Å²) in [6.45, 7) is 6.87. The normalized spacial score (nSPS) is 25.5. The first-order valence-corrected chi connectivity index (χ1v) is 12.1. The van der Waals surface area contributed by atoms with E-state index in [1.165, 1.54) is 19.2 Å². The van der Waals surface area contributed by atoms with E-state index in [-0.39, 0.29) is 18.3 Å². The summed E-state index contributed by atoms with van der Waals surface area (Å²) in [7, 11) is 0. The van der Waals surface area contributed by atoms with E-state index >= 15 is 4.39 Å². The zero-order valence-corrected chi connectivity index (χ0v) is 19.5. The summed E-state index contributed by atoms with van der Waals surface area (Å²) >= 11 is 0. The van der Waals surface area contributed by atoms with Gasteiger partial charge in [-0.25, -0.2) is 9.97 Å². The van der Waals surface area contributed by atoms with Gasteiger partial charge in [-0.1, -0.05) is 0 Å². The number of piperidine rings is 1. The van der Waals surface area contributed by atoms with Gasteiger partial charge in [-0.05, 0) is 51.5 Å². The second-order valence-electron chi connectivity index (χ2n) is 10.0. The number of nitrogens with two attached hydrogens (primary N) is 1. The van der Waals surface area contributed by atoms with Crippen molar-refractivity contribution in [2.75, 3.05) is 62.7 Å². The number of primary amides is 1. The Kier molecular flexibility index (Phi) is 7.65. The predicted molar refractivity (Wildman–Crippen MR) is 123 cm³/mol. The van der Waals surface area contributed by atoms with E-state index in [9.17, 15) is 9.90 Å². The number of aliphatic hydroxyl groups is 1. The van der Waals surface area contributed by atoms with E-state index < -0.39 is 17.8 Å². The summed E-state index contributed by atoms with van der Waals surface area (Å²) < 4.78 is 20.8. The average Bonchev–Trinajstić information content (AvgIpc) is 2.77. The quantitative estimate of drug-likeness (QED) is 0.500. The minimum atomic E-state index is -0.613. The number of likely N-dealkylation sites (tertiary alicyclic amines) is 1. The molecule has 33 heavy (non-hydrogen) atoms. The smallest absolute Gasteiger partial charge is 0.231 e. The van der Waals surface area contributed by atoms with Crippen molar-refractivity contribution in [2.45, 2.75) is 45.1 Å². The van der Waals surface area contributed by atoms with Gasteiger partial charge in [0.15, 0.2) is 11.6 Å². The maximum atomic E-state index is 15.3. The summed E-state index contributed by atoms with van der Waals surface area (Å²) in [5, 5.41) is 13.5. The van der Waals surface area contributed by atoms with Gasteiger partial charge in [-0.2, -0.15) is 4.39 Å². The minimum absolute atomic E-state index is 0.0562. The first kappa shape index (κ1) is 24.1. The third-order valence-corrected chi connectivity index (χ3v) is 7.63. The van der Waals surface area contributed by atoms with Crippen molar-refractivity contribution in [1.82, 2.24) is 14.9 Å². The number of β-amino-alcohol motifs (C(OH)–C–C–N with tert-alkyl or cyclic N) is 1. The molecule has 1 aromatic rings. The molecule has 1 aliphatic carbocycles. The molecule has 1 saturated carbocycles. The minimum Gasteiger partial charge on any atom is -0.391 e. The molecule has 4 rings (SSSR count). The largest absolute Gasteiger partial charge is 0.391 e. The van der Waals surface area contributed by atoms with Crippen molar-refractivity contribution in [1.29, 1.82) is 0 Å². The van der Waals surface area contributed by atoms with Crippen LogP contribution >= 0.6 is 0 Å². The molecule has 2 saturated heterocycles. The molecule has 1 amide bonds. The Morgan fingerprint density at radius 2 is 2.12 bits per heavy atom. The molecule has 0 aromatic carbocycles. The fourth-order valence-corrected chi connectivity index (χ4v) is 5.41. The van der Waals surface area contributed by atoms with Gasteiger partial charge in [0.2, 0.25) is 11.7 Å². The average molecular weight is 465 g/mol. The van der Waals surface area contributed by atoms with Gasteiger partial charge in [0.05, 0.1) is 25.9 Å². The van der Waals surface area contributed by atoms with Gasteiger partial charge in [0, 0.05) is 37.5 Å². The lowest BCUT2D eigenvalue weighted by Crippen LogP contribution is -2.48. The molecule has 2 aliphatic heterocycles. The summed E-state index contributed by atoms with van der Waals surface area (Å²) in [4.78, 5) is 23.3. The number of nitrogens with one attached hydrogen (secondary N) is 1. The van der Waals surface area contributed by atoms with Crippen LogP contribution in [0.4, 0.5) is 16.0 Å². The van der Waals surface area contributed by atoms with E-state index in [4.69, 9.17) is 10.5 Å². The van der Waals surface area contributed by atoms with Crippen LogP contribution < -0.4 is 16.0 Å². The third-order valence-electron chi connectivity index (χ3n) is 7.63. The molecule has 0 radical (unpaired) electrons. The Hall–Kier alpha value is -2.04. The predicted octanol–water partition coefficient (Wildman–Crippen LogP) is 1.23. The van der Waals surface area contributed by atoms with Crippen molar-refractivity contribution in [3.05, 3.63) is 12.1 Å². The lowest BCUT2D eigenvalue weighted by molar-refractivity contribution is -0.135. The van der Waals surface area contributed by atoms with Crippen LogP contribution in [0.2, 0.25) is 0 Å². The maximum Gasteiger partial charge on any atom is 0.231 e. The Morgan fingerprint density at radius 3 is 2.73 bits per heavy atom. The molecule has 0 bridgehead atoms. The highest BCUT2D eigenvalue weighted by Gasteiger charge is 2.41. The second-order valence-corrected chi connectivity index (χ2v) is 10.0. The van der Waals surface area contributed by atoms with Crippen molar-refractivity contribution >= 4 is 17.5 Å². The number of anilines is 2. The fraction of sp³-hybridized carbons (Fsp3) is 0.783. The topological polar surface area (TPSA) is 117 Å². The van der Waals surface area contributed by atoms with Gasteiger partial charge in [0.1, 0.15) is 6.33 Å². The number of carbonyl (C=O) groups excluding carboxylic acids is 1. The Balaban J connectivity index is 1.32. The lowest BCUT2D eigenvalue weighted by Gasteiger charge is -2.46. The van der Waals surface area contributed by atoms with Gasteiger partial charge >= 0.3 is 0 Å². The highest BCUT2D eigenvalue weighted by atomic mass is 19.1. The molecule has 1 spiro atoms. The molecule has 4 N–H and O–H groups in total. The number of rotatable bonds is 9. The molecule has 10 heteroatoms. The third kappa shape index (κ3) is 5.73. The Morgan fingerprint density at radius 1 is 1.36 bits per heavy atom. The highest BCUT2D eigenvalue weighted by molar-refractivity contribution is 5.75. The van der Waals surface area contributed by atoms with E-state index in [1.54, 1.807) is 0 Å². The fourth-order valence-electron chi connectivity index (χ4n) is 5.41. The van der Waals surface area contributed by atoms with Crippen LogP contribution in [0.15, 0.2) is 6.33 Å². The van der Waals surface area contributed by atoms with Crippen molar-refractivity contribution in [3.63, 3.8) is 0 Å². The lowest BCUT2D eigenvalue weighted by atomic mass is 9.69. The standard InChI is InChI=1S/C23H37FN6O3/c1-2-30(10-16-3-6-23(7-4-16)13-33-14-23)22-20(24)21(27-15-28-22)26-9-17-5-8-29(11-18(17)31)12-19(25)32/h15-18,31H,2-14H2,1H3,(H2,25,32)(H,26,27,28)/t17-,18+/m0/s1. The number of nitrogens with zero attached hydrogens (tertiary/aromatic N) is 4. The van der Waals surface area contributed by atoms with Gasteiger partial charge < -0.3 is 25.8 Å². The number of aliphatic hydroxyl groups excluding tert-OH is 1. The number of halogens is 1. The zero-order valence-electron chi connectivity index (χ0n) is 19.5. The number of carbonyl (C=O) groups is 1. The molecule has 9 nitrogen and oxygen atoms in total. The highest BCUT2D eigenvalue weighted by Crippen LogP contribution is 2.44. The summed E-state index contributed by atoms with van der Waals surface area (Å²) in [6, 6.07) is 0. The molecule has 1 aromatic heterocycles. The molecule has 3 aliphatic rings. The van der Waals surface area contributed by atoms with Gasteiger partial charge in [0.25, 0.3) is 0 Å². The van der Waals surface area contributed by atoms with E-state index in [1.807, 2.05) is 16.7 Å². The summed E-state index contributed by atoms with van der Waals surface area (Å²) in [5.41, 5.74) is 5.65. The second kappa shape index (κ2) is 10.5. The van der Waals surface area contributed by atoms with Crippen LogP contribution in [0, 0.1) is 23.1 Å². The van der Waals surface area contributed by atoms with Gasteiger partial charge in [-0.15, -0.1) is 0 Å². The SMILES string of the molecule is CCN(CC1CCC2(CC1)COC2)c1ncnc(NC[C@@H]2CCN(CC(N)=O)C[C@H]2O)c1F. The monoisotopic (exact) mass is 464 g/mol. The first-order valence-electron chi connectivity index (χ1n) is 12.1. The molecule has 2 atom stereocenters. The Bertz CT molecular complexity index is 813. The molecular formula is C23H37FN6O3. The molecule has 3 heterocycles. The van der Waals surface area contributed by atoms with E-state index in [0.717, 1.165) is 32.6 Å². The van der Waals surface area contributed by atoms with Crippen LogP contribution in [0.3, 0.4) is 0 Å². The van der Waals surface area contributed by atoms with Crippen LogP contribution in [-0.2, 0) is 9.53 Å². The number of aromatic nitrogens is 2. The number of hydrogen-bond acceptors (Lipinski definition) is 8. The van der Waals surface area contributed by atoms with E-state index in [0.29, 0.717) is 49.8 Å². The number of amides is 1. The van der Waals surface area contributed by atoms with Crippen molar-refractivity contribution < 1.29 is 19.0 Å². The zero-order chi connectivity index (χ0) is 23.4. The number of hydrogen-bond donors (Lipinski definition) is 3. The first-order chi connectivity index (χ1) is 15.9. The number of ether oxygens (including phenoxy) is 1. The van der Waals surface area contributed by atoms with Crippen LogP contribution in [0.5, 0.6) is 0 Å². The summed E-state index contributed by atoms with van der Waals surface area (Å²) in [5.74, 6) is 0.125. The van der Waals surface area contributed by atoms with Crippen LogP contribution in [0.25, 0.3) is 0 Å². The van der Waals surface area contributed by atoms with Crippen molar-refractivity contribution in [2.24, 2.45) is 23.0 Å². The Labute approximate surface area is 194 Å². The molecule has 3 fully saturated rings. The maximum absolute atomic E-state index is 15.3. The van der Waals surface area contributed by atoms with Gasteiger partial charge in [-0.3, -0.25) is 9.69 Å². The van der Waals surface area contributed by atoms with Crippen LogP contribution in [0.1, 0.15) is 39.0 Å². The molecular weight excluding hydrogens is 427 g/mol.